The number of nitrogens with zero attached hydrogens (tertiary/aromatic N) is 2. The van der Waals surface area contributed by atoms with Crippen molar-refractivity contribution in [3.63, 3.8) is 0 Å². The first-order chi connectivity index (χ1) is 12.3. The van der Waals surface area contributed by atoms with Crippen molar-refractivity contribution < 1.29 is 9.47 Å². The molecule has 2 heterocycles. The van der Waals surface area contributed by atoms with Crippen molar-refractivity contribution in [3.8, 4) is 22.8 Å². The lowest BCUT2D eigenvalue weighted by molar-refractivity contribution is 0.174. The smallest absolute Gasteiger partial charge is 0.231 e. The Bertz CT molecular complexity index is 887. The van der Waals surface area contributed by atoms with Crippen LogP contribution in [-0.4, -0.2) is 23.0 Å². The van der Waals surface area contributed by atoms with E-state index in [1.165, 1.54) is 11.8 Å². The van der Waals surface area contributed by atoms with E-state index in [1.54, 1.807) is 0 Å². The summed E-state index contributed by atoms with van der Waals surface area (Å²) in [5, 5.41) is 4.12. The van der Waals surface area contributed by atoms with Gasteiger partial charge < -0.3 is 14.8 Å². The van der Waals surface area contributed by atoms with Crippen LogP contribution in [0.4, 0.5) is 5.82 Å². The number of thioether (sulfide) groups is 1. The molecule has 0 radical (unpaired) electrons. The number of anilines is 1. The van der Waals surface area contributed by atoms with Crippen LogP contribution < -0.4 is 14.8 Å². The second-order valence-corrected chi connectivity index (χ2v) is 6.31. The van der Waals surface area contributed by atoms with Crippen LogP contribution in [0, 0.1) is 0 Å². The average molecular weight is 351 g/mol. The van der Waals surface area contributed by atoms with E-state index in [9.17, 15) is 0 Å². The van der Waals surface area contributed by atoms with Crippen molar-refractivity contribution >= 4 is 17.6 Å². The molecule has 4 rings (SSSR count). The SMILES string of the molecule is CSc1nc(NCc2ccc3c(c2)OCO3)cc(-c2ccccc2)n1. The fraction of sp³-hybridized carbons (Fsp3) is 0.158. The molecule has 25 heavy (non-hydrogen) atoms. The first kappa shape index (κ1) is 15.8. The molecule has 0 saturated heterocycles. The molecule has 3 aromatic rings. The van der Waals surface area contributed by atoms with Crippen molar-refractivity contribution in [2.45, 2.75) is 11.7 Å². The summed E-state index contributed by atoms with van der Waals surface area (Å²) < 4.78 is 10.8. The molecule has 1 aliphatic heterocycles. The minimum atomic E-state index is 0.287. The van der Waals surface area contributed by atoms with Crippen LogP contribution in [0.1, 0.15) is 5.56 Å². The summed E-state index contributed by atoms with van der Waals surface area (Å²) in [6.07, 6.45) is 1.98. The maximum Gasteiger partial charge on any atom is 0.231 e. The van der Waals surface area contributed by atoms with Crippen LogP contribution in [0.2, 0.25) is 0 Å². The maximum atomic E-state index is 5.43. The zero-order valence-electron chi connectivity index (χ0n) is 13.7. The zero-order chi connectivity index (χ0) is 17.1. The van der Waals surface area contributed by atoms with Gasteiger partial charge in [0, 0.05) is 18.2 Å². The second-order valence-electron chi connectivity index (χ2n) is 5.53. The molecule has 0 amide bonds. The molecule has 5 nitrogen and oxygen atoms in total. The lowest BCUT2D eigenvalue weighted by Gasteiger charge is -2.10. The van der Waals surface area contributed by atoms with E-state index in [2.05, 4.69) is 15.3 Å². The summed E-state index contributed by atoms with van der Waals surface area (Å²) in [4.78, 5) is 9.15. The van der Waals surface area contributed by atoms with Gasteiger partial charge in [-0.1, -0.05) is 48.2 Å². The normalized spacial score (nSPS) is 12.2. The predicted molar refractivity (Wildman–Crippen MR) is 99.1 cm³/mol. The standard InChI is InChI=1S/C19H17N3O2S/c1-25-19-21-15(14-5-3-2-4-6-14)10-18(22-19)20-11-13-7-8-16-17(9-13)24-12-23-16/h2-10H,11-12H2,1H3,(H,20,21,22). The second kappa shape index (κ2) is 7.03. The van der Waals surface area contributed by atoms with E-state index in [-0.39, 0.29) is 6.79 Å². The highest BCUT2D eigenvalue weighted by atomic mass is 32.2. The minimum absolute atomic E-state index is 0.287. The van der Waals surface area contributed by atoms with Crippen LogP contribution in [0.3, 0.4) is 0 Å². The largest absolute Gasteiger partial charge is 0.454 e. The quantitative estimate of drug-likeness (QED) is 0.549. The van der Waals surface area contributed by atoms with Crippen molar-refractivity contribution in [2.24, 2.45) is 0 Å². The van der Waals surface area contributed by atoms with Gasteiger partial charge in [-0.2, -0.15) is 0 Å². The summed E-state index contributed by atoms with van der Waals surface area (Å²) >= 11 is 1.53. The highest BCUT2D eigenvalue weighted by Crippen LogP contribution is 2.32. The fourth-order valence-corrected chi connectivity index (χ4v) is 2.99. The number of nitrogens with one attached hydrogen (secondary N) is 1. The van der Waals surface area contributed by atoms with Crippen molar-refractivity contribution in [1.29, 1.82) is 0 Å². The molecule has 0 spiro atoms. The summed E-state index contributed by atoms with van der Waals surface area (Å²) in [5.74, 6) is 2.38. The molecule has 0 saturated carbocycles. The highest BCUT2D eigenvalue weighted by Gasteiger charge is 2.13. The Morgan fingerprint density at radius 1 is 1.00 bits per heavy atom. The zero-order valence-corrected chi connectivity index (χ0v) is 14.5. The Morgan fingerprint density at radius 2 is 1.84 bits per heavy atom. The van der Waals surface area contributed by atoms with Crippen LogP contribution in [0.5, 0.6) is 11.5 Å². The molecular formula is C19H17N3O2S. The molecule has 0 unspecified atom stereocenters. The van der Waals surface area contributed by atoms with Gasteiger partial charge in [0.25, 0.3) is 0 Å². The van der Waals surface area contributed by atoms with Gasteiger partial charge in [-0.3, -0.25) is 0 Å². The molecule has 0 aliphatic carbocycles. The van der Waals surface area contributed by atoms with Crippen molar-refractivity contribution in [1.82, 2.24) is 9.97 Å². The molecule has 0 atom stereocenters. The Balaban J connectivity index is 1.55. The predicted octanol–water partition coefficient (Wildman–Crippen LogP) is 4.21. The number of aromatic nitrogens is 2. The average Bonchev–Trinajstić information content (AvgIpc) is 3.14. The lowest BCUT2D eigenvalue weighted by atomic mass is 10.1. The molecular weight excluding hydrogens is 334 g/mol. The van der Waals surface area contributed by atoms with Gasteiger partial charge in [0.1, 0.15) is 5.82 Å². The van der Waals surface area contributed by atoms with Crippen molar-refractivity contribution in [3.05, 3.63) is 60.2 Å². The number of benzene rings is 2. The van der Waals surface area contributed by atoms with Gasteiger partial charge in [-0.15, -0.1) is 0 Å². The van der Waals surface area contributed by atoms with Gasteiger partial charge in [-0.05, 0) is 24.0 Å². The molecule has 126 valence electrons. The number of hydrogen-bond acceptors (Lipinski definition) is 6. The Hall–Kier alpha value is -2.73. The first-order valence-corrected chi connectivity index (χ1v) is 9.15. The van der Waals surface area contributed by atoms with Gasteiger partial charge in [-0.25, -0.2) is 9.97 Å². The van der Waals surface area contributed by atoms with Gasteiger partial charge >= 0.3 is 0 Å². The van der Waals surface area contributed by atoms with Crippen molar-refractivity contribution in [2.75, 3.05) is 18.4 Å². The van der Waals surface area contributed by atoms with E-state index in [0.717, 1.165) is 39.3 Å². The lowest BCUT2D eigenvalue weighted by Crippen LogP contribution is -2.03. The Kier molecular flexibility index (Phi) is 4.43. The van der Waals surface area contributed by atoms with Crippen LogP contribution in [0.25, 0.3) is 11.3 Å². The molecule has 2 aromatic carbocycles. The summed E-state index contributed by atoms with van der Waals surface area (Å²) in [6, 6.07) is 18.0. The van der Waals surface area contributed by atoms with Crippen LogP contribution in [0.15, 0.2) is 59.8 Å². The monoisotopic (exact) mass is 351 g/mol. The maximum absolute atomic E-state index is 5.43. The molecule has 6 heteroatoms. The van der Waals surface area contributed by atoms with E-state index in [0.29, 0.717) is 6.54 Å². The van der Waals surface area contributed by atoms with Gasteiger partial charge in [0.05, 0.1) is 5.69 Å². The first-order valence-electron chi connectivity index (χ1n) is 7.93. The number of rotatable bonds is 5. The van der Waals surface area contributed by atoms with Gasteiger partial charge in [0.15, 0.2) is 16.7 Å². The van der Waals surface area contributed by atoms with E-state index in [1.807, 2.05) is 60.9 Å². The molecule has 0 bridgehead atoms. The number of ether oxygens (including phenoxy) is 2. The number of fused-ring (bicyclic) bond motifs is 1. The van der Waals surface area contributed by atoms with E-state index >= 15 is 0 Å². The molecule has 1 aromatic heterocycles. The number of hydrogen-bond donors (Lipinski definition) is 1. The Labute approximate surface area is 150 Å². The van der Waals surface area contributed by atoms with E-state index < -0.39 is 0 Å². The Morgan fingerprint density at radius 3 is 2.68 bits per heavy atom. The fourth-order valence-electron chi connectivity index (χ4n) is 2.61. The molecule has 1 aliphatic rings. The molecule has 1 N–H and O–H groups in total. The van der Waals surface area contributed by atoms with E-state index in [4.69, 9.17) is 9.47 Å². The summed E-state index contributed by atoms with van der Waals surface area (Å²) in [6.45, 7) is 0.936. The summed E-state index contributed by atoms with van der Waals surface area (Å²) in [5.41, 5.74) is 3.09. The minimum Gasteiger partial charge on any atom is -0.454 e. The molecule has 0 fully saturated rings. The highest BCUT2D eigenvalue weighted by molar-refractivity contribution is 7.98. The third-order valence-electron chi connectivity index (χ3n) is 3.87. The third-order valence-corrected chi connectivity index (χ3v) is 4.42. The van der Waals surface area contributed by atoms with Crippen LogP contribution >= 0.6 is 11.8 Å². The summed E-state index contributed by atoms with van der Waals surface area (Å²) in [7, 11) is 0. The third kappa shape index (κ3) is 3.53. The van der Waals surface area contributed by atoms with Gasteiger partial charge in [0.2, 0.25) is 6.79 Å². The topological polar surface area (TPSA) is 56.3 Å². The van der Waals surface area contributed by atoms with Crippen LogP contribution in [-0.2, 0) is 6.54 Å².